The van der Waals surface area contributed by atoms with Gasteiger partial charge in [0.25, 0.3) is 0 Å². The van der Waals surface area contributed by atoms with E-state index in [0.717, 1.165) is 83.3 Å². The van der Waals surface area contributed by atoms with Gasteiger partial charge in [-0.05, 0) is 32.6 Å². The van der Waals surface area contributed by atoms with Gasteiger partial charge in [-0.1, -0.05) is 0 Å². The molecule has 2 aliphatic rings. The molecule has 0 aromatic carbocycles. The summed E-state index contributed by atoms with van der Waals surface area (Å²) >= 11 is 1.77. The van der Waals surface area contributed by atoms with Crippen molar-refractivity contribution < 1.29 is 4.74 Å². The Morgan fingerprint density at radius 3 is 2.72 bits per heavy atom. The lowest BCUT2D eigenvalue weighted by Gasteiger charge is -2.32. The standard InChI is InChI=1S/C20H36N6OS.HI/c1-3-21-19(23-17-7-12-25(13-8-17)14-15-27-2)22-9-6-18-16-28-20(24-18)26-10-4-5-11-26;/h16-17H,3-15H2,1-2H3,(H2,21,22,23);1H. The van der Waals surface area contributed by atoms with Crippen LogP contribution < -0.4 is 15.5 Å². The second-order valence-corrected chi connectivity index (χ2v) is 8.42. The minimum atomic E-state index is 0. The molecule has 0 aliphatic carbocycles. The topological polar surface area (TPSA) is 65.0 Å². The molecule has 166 valence electrons. The number of nitrogens with one attached hydrogen (secondary N) is 2. The first-order valence-electron chi connectivity index (χ1n) is 10.7. The average molecular weight is 537 g/mol. The van der Waals surface area contributed by atoms with Crippen LogP contribution in [0.1, 0.15) is 38.3 Å². The first kappa shape index (κ1) is 24.6. The fourth-order valence-electron chi connectivity index (χ4n) is 3.78. The van der Waals surface area contributed by atoms with E-state index in [9.17, 15) is 0 Å². The number of likely N-dealkylation sites (tertiary alicyclic amines) is 1. The molecule has 0 spiro atoms. The summed E-state index contributed by atoms with van der Waals surface area (Å²) in [6, 6.07) is 0.498. The molecule has 2 N–H and O–H groups in total. The Morgan fingerprint density at radius 1 is 1.28 bits per heavy atom. The minimum absolute atomic E-state index is 0. The summed E-state index contributed by atoms with van der Waals surface area (Å²) in [7, 11) is 1.77. The third-order valence-corrected chi connectivity index (χ3v) is 6.39. The molecule has 29 heavy (non-hydrogen) atoms. The zero-order valence-electron chi connectivity index (χ0n) is 17.9. The summed E-state index contributed by atoms with van der Waals surface area (Å²) in [5.74, 6) is 0.938. The lowest BCUT2D eigenvalue weighted by atomic mass is 10.1. The fourth-order valence-corrected chi connectivity index (χ4v) is 4.70. The predicted octanol–water partition coefficient (Wildman–Crippen LogP) is 2.57. The van der Waals surface area contributed by atoms with E-state index in [2.05, 4.69) is 32.7 Å². The molecule has 0 amide bonds. The molecule has 7 nitrogen and oxygen atoms in total. The molecular weight excluding hydrogens is 499 g/mol. The number of hydrogen-bond acceptors (Lipinski definition) is 6. The summed E-state index contributed by atoms with van der Waals surface area (Å²) in [6.45, 7) is 10.2. The van der Waals surface area contributed by atoms with Crippen molar-refractivity contribution in [3.05, 3.63) is 11.1 Å². The van der Waals surface area contributed by atoms with Crippen molar-refractivity contribution in [2.45, 2.75) is 45.1 Å². The molecule has 2 saturated heterocycles. The van der Waals surface area contributed by atoms with Crippen LogP contribution in [0.15, 0.2) is 10.4 Å². The number of rotatable bonds is 9. The molecule has 1 aromatic heterocycles. The highest BCUT2D eigenvalue weighted by Crippen LogP contribution is 2.24. The van der Waals surface area contributed by atoms with E-state index < -0.39 is 0 Å². The molecule has 1 aromatic rings. The van der Waals surface area contributed by atoms with Crippen LogP contribution >= 0.6 is 35.3 Å². The number of guanidine groups is 1. The number of anilines is 1. The molecule has 0 bridgehead atoms. The summed E-state index contributed by atoms with van der Waals surface area (Å²) in [5.41, 5.74) is 1.16. The number of methoxy groups -OCH3 is 1. The number of nitrogens with zero attached hydrogens (tertiary/aromatic N) is 4. The van der Waals surface area contributed by atoms with Crippen LogP contribution in [0, 0.1) is 0 Å². The zero-order valence-corrected chi connectivity index (χ0v) is 21.0. The van der Waals surface area contributed by atoms with Crippen molar-refractivity contribution in [3.63, 3.8) is 0 Å². The summed E-state index contributed by atoms with van der Waals surface area (Å²) in [5, 5.41) is 10.4. The Morgan fingerprint density at radius 2 is 2.03 bits per heavy atom. The van der Waals surface area contributed by atoms with Gasteiger partial charge in [-0.25, -0.2) is 4.98 Å². The normalized spacial score (nSPS) is 18.7. The molecule has 3 rings (SSSR count). The first-order valence-corrected chi connectivity index (χ1v) is 11.6. The maximum atomic E-state index is 5.19. The Bertz CT molecular complexity index is 600. The summed E-state index contributed by atoms with van der Waals surface area (Å²) < 4.78 is 5.19. The van der Waals surface area contributed by atoms with Crippen LogP contribution in [0.3, 0.4) is 0 Å². The van der Waals surface area contributed by atoms with Crippen LogP contribution in [0.4, 0.5) is 5.13 Å². The Labute approximate surface area is 196 Å². The van der Waals surface area contributed by atoms with E-state index in [-0.39, 0.29) is 24.0 Å². The molecular formula is C20H37IN6OS. The van der Waals surface area contributed by atoms with Gasteiger partial charge in [-0.3, -0.25) is 4.99 Å². The first-order chi connectivity index (χ1) is 13.8. The second kappa shape index (κ2) is 13.6. The molecule has 0 unspecified atom stereocenters. The van der Waals surface area contributed by atoms with Gasteiger partial charge in [0.05, 0.1) is 12.3 Å². The minimum Gasteiger partial charge on any atom is -0.383 e. The molecule has 2 aliphatic heterocycles. The van der Waals surface area contributed by atoms with Crippen molar-refractivity contribution >= 4 is 46.4 Å². The molecule has 9 heteroatoms. The summed E-state index contributed by atoms with van der Waals surface area (Å²) in [4.78, 5) is 14.5. The van der Waals surface area contributed by atoms with Crippen molar-refractivity contribution in [2.24, 2.45) is 4.99 Å². The van der Waals surface area contributed by atoms with Crippen LogP contribution in [0.2, 0.25) is 0 Å². The lowest BCUT2D eigenvalue weighted by Crippen LogP contribution is -2.49. The van der Waals surface area contributed by atoms with Crippen molar-refractivity contribution in [1.82, 2.24) is 20.5 Å². The second-order valence-electron chi connectivity index (χ2n) is 7.58. The maximum absolute atomic E-state index is 5.19. The van der Waals surface area contributed by atoms with E-state index in [0.29, 0.717) is 6.04 Å². The Hall–Kier alpha value is -0.650. The highest BCUT2D eigenvalue weighted by molar-refractivity contribution is 14.0. The van der Waals surface area contributed by atoms with Gasteiger partial charge in [-0.2, -0.15) is 0 Å². The number of aromatic nitrogens is 1. The number of thiazole rings is 1. The summed E-state index contributed by atoms with van der Waals surface area (Å²) in [6.07, 6.45) is 5.79. The average Bonchev–Trinajstić information content (AvgIpc) is 3.39. The molecule has 0 radical (unpaired) electrons. The van der Waals surface area contributed by atoms with E-state index in [1.165, 1.54) is 18.0 Å². The molecule has 0 atom stereocenters. The van der Waals surface area contributed by atoms with Gasteiger partial charge in [0.2, 0.25) is 0 Å². The van der Waals surface area contributed by atoms with E-state index >= 15 is 0 Å². The van der Waals surface area contributed by atoms with Crippen molar-refractivity contribution in [1.29, 1.82) is 0 Å². The lowest BCUT2D eigenvalue weighted by molar-refractivity contribution is 0.128. The van der Waals surface area contributed by atoms with Gasteiger partial charge in [0.15, 0.2) is 11.1 Å². The number of piperidine rings is 1. The zero-order chi connectivity index (χ0) is 19.6. The van der Waals surface area contributed by atoms with Gasteiger partial charge in [0.1, 0.15) is 0 Å². The van der Waals surface area contributed by atoms with Gasteiger partial charge in [-0.15, -0.1) is 35.3 Å². The number of aliphatic imine (C=N–C) groups is 1. The van der Waals surface area contributed by atoms with E-state index in [1.54, 1.807) is 18.4 Å². The molecule has 2 fully saturated rings. The number of hydrogen-bond donors (Lipinski definition) is 2. The molecule has 3 heterocycles. The van der Waals surface area contributed by atoms with Crippen molar-refractivity contribution in [2.75, 3.05) is 64.4 Å². The van der Waals surface area contributed by atoms with Gasteiger partial charge in [0, 0.05) is 70.8 Å². The van der Waals surface area contributed by atoms with Crippen LogP contribution in [-0.2, 0) is 11.2 Å². The number of halogens is 1. The maximum Gasteiger partial charge on any atom is 0.191 e. The largest absolute Gasteiger partial charge is 0.383 e. The highest BCUT2D eigenvalue weighted by Gasteiger charge is 2.19. The number of ether oxygens (including phenoxy) is 1. The monoisotopic (exact) mass is 536 g/mol. The molecule has 0 saturated carbocycles. The van der Waals surface area contributed by atoms with E-state index in [4.69, 9.17) is 14.7 Å². The Balaban J connectivity index is 0.00000300. The van der Waals surface area contributed by atoms with Crippen LogP contribution in [0.5, 0.6) is 0 Å². The quantitative estimate of drug-likeness (QED) is 0.288. The SMILES string of the molecule is CCNC(=NCCc1csc(N2CCCC2)n1)NC1CCN(CCOC)CC1.I. The van der Waals surface area contributed by atoms with Gasteiger partial charge >= 0.3 is 0 Å². The van der Waals surface area contributed by atoms with Crippen LogP contribution in [0.25, 0.3) is 0 Å². The van der Waals surface area contributed by atoms with Crippen molar-refractivity contribution in [3.8, 4) is 0 Å². The Kier molecular flexibility index (Phi) is 11.6. The van der Waals surface area contributed by atoms with Crippen LogP contribution in [-0.4, -0.2) is 81.4 Å². The predicted molar refractivity (Wildman–Crippen MR) is 133 cm³/mol. The van der Waals surface area contributed by atoms with E-state index in [1.807, 2.05) is 0 Å². The fraction of sp³-hybridized carbons (Fsp3) is 0.800. The third kappa shape index (κ3) is 8.18. The smallest absolute Gasteiger partial charge is 0.191 e. The third-order valence-electron chi connectivity index (χ3n) is 5.44. The highest BCUT2D eigenvalue weighted by atomic mass is 127. The van der Waals surface area contributed by atoms with Gasteiger partial charge < -0.3 is 25.2 Å².